The van der Waals surface area contributed by atoms with Crippen molar-refractivity contribution in [3.8, 4) is 0 Å². The van der Waals surface area contributed by atoms with Gasteiger partial charge < -0.3 is 4.42 Å². The normalized spacial score (nSPS) is 10.5. The van der Waals surface area contributed by atoms with Gasteiger partial charge in [-0.15, -0.1) is 0 Å². The van der Waals surface area contributed by atoms with Crippen LogP contribution in [0.2, 0.25) is 0 Å². The first-order chi connectivity index (χ1) is 8.19. The largest absolute Gasteiger partial charge is 0.466 e. The number of hydrogen-bond donors (Lipinski definition) is 0. The second-order valence-electron chi connectivity index (χ2n) is 4.19. The van der Waals surface area contributed by atoms with E-state index in [1.54, 1.807) is 0 Å². The number of carbonyl (C=O) groups is 1. The molecule has 0 aliphatic carbocycles. The highest BCUT2D eigenvalue weighted by Crippen LogP contribution is 2.12. The van der Waals surface area contributed by atoms with E-state index in [1.165, 1.54) is 0 Å². The Morgan fingerprint density at radius 3 is 2.29 bits per heavy atom. The number of rotatable bonds is 4. The SMILES string of the molecule is CCc1ccc(CC(=O)c2ccc(C)cc2)o1. The molecule has 0 bridgehead atoms. The summed E-state index contributed by atoms with van der Waals surface area (Å²) in [6, 6.07) is 11.4. The fraction of sp³-hybridized carbons (Fsp3) is 0.267. The first-order valence-electron chi connectivity index (χ1n) is 5.86. The molecule has 0 saturated carbocycles. The molecule has 0 radical (unpaired) electrons. The molecule has 0 N–H and O–H groups in total. The Morgan fingerprint density at radius 1 is 1.06 bits per heavy atom. The first kappa shape index (κ1) is 11.6. The van der Waals surface area contributed by atoms with Gasteiger partial charge in [-0.25, -0.2) is 0 Å². The van der Waals surface area contributed by atoms with Crippen molar-refractivity contribution in [2.75, 3.05) is 0 Å². The highest BCUT2D eigenvalue weighted by Gasteiger charge is 2.09. The Bertz CT molecular complexity index is 506. The minimum absolute atomic E-state index is 0.0991. The van der Waals surface area contributed by atoms with Gasteiger partial charge in [0.25, 0.3) is 0 Å². The van der Waals surface area contributed by atoms with Crippen molar-refractivity contribution in [3.63, 3.8) is 0 Å². The average Bonchev–Trinajstić information content (AvgIpc) is 2.77. The third-order valence-corrected chi connectivity index (χ3v) is 2.77. The number of furan rings is 1. The van der Waals surface area contributed by atoms with Crippen molar-refractivity contribution < 1.29 is 9.21 Å². The van der Waals surface area contributed by atoms with E-state index in [0.717, 1.165) is 29.1 Å². The van der Waals surface area contributed by atoms with Crippen molar-refractivity contribution in [2.45, 2.75) is 26.7 Å². The van der Waals surface area contributed by atoms with Crippen LogP contribution in [0.3, 0.4) is 0 Å². The molecule has 0 spiro atoms. The quantitative estimate of drug-likeness (QED) is 0.749. The van der Waals surface area contributed by atoms with E-state index in [0.29, 0.717) is 6.42 Å². The molecule has 88 valence electrons. The lowest BCUT2D eigenvalue weighted by molar-refractivity contribution is 0.0986. The van der Waals surface area contributed by atoms with Crippen LogP contribution < -0.4 is 0 Å². The third-order valence-electron chi connectivity index (χ3n) is 2.77. The fourth-order valence-electron chi connectivity index (χ4n) is 1.71. The number of benzene rings is 1. The molecule has 0 unspecified atom stereocenters. The van der Waals surface area contributed by atoms with E-state index in [1.807, 2.05) is 50.2 Å². The van der Waals surface area contributed by atoms with Crippen LogP contribution in [0.15, 0.2) is 40.8 Å². The summed E-state index contributed by atoms with van der Waals surface area (Å²) in [5.41, 5.74) is 1.90. The second kappa shape index (κ2) is 5.00. The van der Waals surface area contributed by atoms with Crippen LogP contribution in [-0.2, 0) is 12.8 Å². The van der Waals surface area contributed by atoms with Gasteiger partial charge in [0.05, 0.1) is 6.42 Å². The summed E-state index contributed by atoms with van der Waals surface area (Å²) in [5, 5.41) is 0. The Hall–Kier alpha value is -1.83. The monoisotopic (exact) mass is 228 g/mol. The highest BCUT2D eigenvalue weighted by molar-refractivity contribution is 5.97. The zero-order valence-corrected chi connectivity index (χ0v) is 10.2. The predicted octanol–water partition coefficient (Wildman–Crippen LogP) is 3.58. The molecule has 0 atom stereocenters. The van der Waals surface area contributed by atoms with E-state index < -0.39 is 0 Å². The van der Waals surface area contributed by atoms with E-state index in [9.17, 15) is 4.79 Å². The van der Waals surface area contributed by atoms with E-state index in [-0.39, 0.29) is 5.78 Å². The molecule has 2 rings (SSSR count). The van der Waals surface area contributed by atoms with Gasteiger partial charge in [0, 0.05) is 12.0 Å². The van der Waals surface area contributed by atoms with Crippen molar-refractivity contribution in [2.24, 2.45) is 0 Å². The summed E-state index contributed by atoms with van der Waals surface area (Å²) in [6.07, 6.45) is 1.20. The molecular weight excluding hydrogens is 212 g/mol. The molecular formula is C15H16O2. The van der Waals surface area contributed by atoms with Crippen LogP contribution in [0.25, 0.3) is 0 Å². The van der Waals surface area contributed by atoms with Gasteiger partial charge in [0.15, 0.2) is 5.78 Å². The van der Waals surface area contributed by atoms with E-state index in [4.69, 9.17) is 4.42 Å². The zero-order valence-electron chi connectivity index (χ0n) is 10.2. The Kier molecular flexibility index (Phi) is 3.43. The van der Waals surface area contributed by atoms with Gasteiger partial charge in [0.2, 0.25) is 0 Å². The van der Waals surface area contributed by atoms with Crippen LogP contribution in [0.4, 0.5) is 0 Å². The van der Waals surface area contributed by atoms with Gasteiger partial charge in [-0.1, -0.05) is 36.8 Å². The molecule has 17 heavy (non-hydrogen) atoms. The minimum Gasteiger partial charge on any atom is -0.466 e. The predicted molar refractivity (Wildman–Crippen MR) is 67.3 cm³/mol. The van der Waals surface area contributed by atoms with E-state index in [2.05, 4.69) is 0 Å². The highest BCUT2D eigenvalue weighted by atomic mass is 16.3. The first-order valence-corrected chi connectivity index (χ1v) is 5.86. The smallest absolute Gasteiger partial charge is 0.170 e. The number of Topliss-reactive ketones (excluding diaryl/α,β-unsaturated/α-hetero) is 1. The van der Waals surface area contributed by atoms with Gasteiger partial charge in [-0.3, -0.25) is 4.79 Å². The lowest BCUT2D eigenvalue weighted by atomic mass is 10.1. The maximum atomic E-state index is 12.0. The van der Waals surface area contributed by atoms with Crippen LogP contribution >= 0.6 is 0 Å². The van der Waals surface area contributed by atoms with Gasteiger partial charge >= 0.3 is 0 Å². The lowest BCUT2D eigenvalue weighted by Gasteiger charge is -1.99. The summed E-state index contributed by atoms with van der Waals surface area (Å²) >= 11 is 0. The summed E-state index contributed by atoms with van der Waals surface area (Å²) in [7, 11) is 0. The van der Waals surface area contributed by atoms with Crippen molar-refractivity contribution in [3.05, 3.63) is 59.0 Å². The molecule has 2 aromatic rings. The zero-order chi connectivity index (χ0) is 12.3. The summed E-state index contributed by atoms with van der Waals surface area (Å²) in [6.45, 7) is 4.04. The molecule has 2 heteroatoms. The van der Waals surface area contributed by atoms with Crippen LogP contribution in [0.1, 0.15) is 34.4 Å². The number of aryl methyl sites for hydroxylation is 2. The number of ketones is 1. The van der Waals surface area contributed by atoms with Gasteiger partial charge in [0.1, 0.15) is 11.5 Å². The molecule has 1 heterocycles. The fourth-order valence-corrected chi connectivity index (χ4v) is 1.71. The molecule has 2 nitrogen and oxygen atoms in total. The van der Waals surface area contributed by atoms with Gasteiger partial charge in [-0.2, -0.15) is 0 Å². The van der Waals surface area contributed by atoms with E-state index >= 15 is 0 Å². The van der Waals surface area contributed by atoms with Crippen molar-refractivity contribution in [1.82, 2.24) is 0 Å². The standard InChI is InChI=1S/C15H16O2/c1-3-13-8-9-14(17-13)10-15(16)12-6-4-11(2)5-7-12/h4-9H,3,10H2,1-2H3. The van der Waals surface area contributed by atoms with Crippen LogP contribution in [-0.4, -0.2) is 5.78 Å². The van der Waals surface area contributed by atoms with Crippen molar-refractivity contribution >= 4 is 5.78 Å². The summed E-state index contributed by atoms with van der Waals surface area (Å²) in [5.74, 6) is 1.77. The Morgan fingerprint density at radius 2 is 1.71 bits per heavy atom. The minimum atomic E-state index is 0.0991. The summed E-state index contributed by atoms with van der Waals surface area (Å²) in [4.78, 5) is 12.0. The topological polar surface area (TPSA) is 30.2 Å². The van der Waals surface area contributed by atoms with Crippen LogP contribution in [0.5, 0.6) is 0 Å². The van der Waals surface area contributed by atoms with Gasteiger partial charge in [-0.05, 0) is 19.1 Å². The Balaban J connectivity index is 2.08. The maximum Gasteiger partial charge on any atom is 0.170 e. The molecule has 0 amide bonds. The average molecular weight is 228 g/mol. The molecule has 0 fully saturated rings. The lowest BCUT2D eigenvalue weighted by Crippen LogP contribution is -2.02. The Labute approximate surface area is 101 Å². The number of carbonyl (C=O) groups excluding carboxylic acids is 1. The molecule has 0 aliphatic rings. The molecule has 0 aliphatic heterocycles. The third kappa shape index (κ3) is 2.84. The second-order valence-corrected chi connectivity index (χ2v) is 4.19. The van der Waals surface area contributed by atoms with Crippen molar-refractivity contribution in [1.29, 1.82) is 0 Å². The van der Waals surface area contributed by atoms with Crippen LogP contribution in [0, 0.1) is 6.92 Å². The summed E-state index contributed by atoms with van der Waals surface area (Å²) < 4.78 is 5.53. The molecule has 1 aromatic carbocycles. The molecule has 0 saturated heterocycles. The number of hydrogen-bond acceptors (Lipinski definition) is 2. The maximum absolute atomic E-state index is 12.0. The molecule has 1 aromatic heterocycles.